The van der Waals surface area contributed by atoms with Gasteiger partial charge in [0.05, 0.1) is 6.04 Å². The normalized spacial score (nSPS) is 23.1. The first-order chi connectivity index (χ1) is 9.34. The quantitative estimate of drug-likeness (QED) is 0.895. The number of aromatic nitrogens is 1. The second-order valence-electron chi connectivity index (χ2n) is 5.56. The molecule has 1 amide bonds. The number of pyridine rings is 1. The van der Waals surface area contributed by atoms with Crippen LogP contribution in [0, 0.1) is 0 Å². The molecule has 1 aromatic heterocycles. The number of nitrogens with zero attached hydrogens (tertiary/aromatic N) is 2. The van der Waals surface area contributed by atoms with Gasteiger partial charge in [-0.3, -0.25) is 9.78 Å². The molecule has 2 aliphatic rings. The van der Waals surface area contributed by atoms with E-state index >= 15 is 0 Å². The maximum absolute atomic E-state index is 12.6. The zero-order valence-electron chi connectivity index (χ0n) is 11.2. The summed E-state index contributed by atoms with van der Waals surface area (Å²) in [6.45, 7) is 1.70. The van der Waals surface area contributed by atoms with Crippen LogP contribution in [0.4, 0.5) is 0 Å². The summed E-state index contributed by atoms with van der Waals surface area (Å²) in [6, 6.07) is 4.49. The zero-order valence-corrected chi connectivity index (χ0v) is 11.2. The third-order valence-corrected chi connectivity index (χ3v) is 3.98. The lowest BCUT2D eigenvalue weighted by Gasteiger charge is -2.30. The van der Waals surface area contributed by atoms with Crippen molar-refractivity contribution < 1.29 is 4.79 Å². The van der Waals surface area contributed by atoms with Crippen LogP contribution in [-0.2, 0) is 11.3 Å². The average molecular weight is 259 g/mol. The van der Waals surface area contributed by atoms with Crippen LogP contribution in [-0.4, -0.2) is 34.4 Å². The van der Waals surface area contributed by atoms with Crippen molar-refractivity contribution in [3.8, 4) is 0 Å². The number of nitrogens with one attached hydrogen (secondary N) is 1. The topological polar surface area (TPSA) is 45.2 Å². The minimum Gasteiger partial charge on any atom is -0.334 e. The van der Waals surface area contributed by atoms with Gasteiger partial charge in [-0.25, -0.2) is 0 Å². The van der Waals surface area contributed by atoms with Gasteiger partial charge in [0.2, 0.25) is 5.91 Å². The number of hydrogen-bond acceptors (Lipinski definition) is 3. The molecule has 1 saturated heterocycles. The molecule has 102 valence electrons. The summed E-state index contributed by atoms with van der Waals surface area (Å²) in [5.41, 5.74) is 1.17. The summed E-state index contributed by atoms with van der Waals surface area (Å²) < 4.78 is 0. The van der Waals surface area contributed by atoms with Gasteiger partial charge < -0.3 is 10.2 Å². The van der Waals surface area contributed by atoms with Crippen molar-refractivity contribution in [2.45, 2.75) is 50.7 Å². The van der Waals surface area contributed by atoms with E-state index < -0.39 is 0 Å². The molecule has 1 unspecified atom stereocenters. The van der Waals surface area contributed by atoms with Crippen LogP contribution in [0.5, 0.6) is 0 Å². The Balaban J connectivity index is 1.68. The Kier molecular flexibility index (Phi) is 3.78. The molecule has 3 rings (SSSR count). The molecule has 2 fully saturated rings. The van der Waals surface area contributed by atoms with Gasteiger partial charge in [-0.1, -0.05) is 6.42 Å². The summed E-state index contributed by atoms with van der Waals surface area (Å²) in [5.74, 6) is 0.291. The molecule has 0 aromatic carbocycles. The van der Waals surface area contributed by atoms with Crippen LogP contribution in [0.2, 0.25) is 0 Å². The lowest BCUT2D eigenvalue weighted by Crippen LogP contribution is -2.49. The van der Waals surface area contributed by atoms with Gasteiger partial charge in [0.15, 0.2) is 0 Å². The monoisotopic (exact) mass is 259 g/mol. The van der Waals surface area contributed by atoms with E-state index in [1.165, 1.54) is 12.0 Å². The Morgan fingerprint density at radius 3 is 2.68 bits per heavy atom. The van der Waals surface area contributed by atoms with E-state index in [9.17, 15) is 4.79 Å². The minimum absolute atomic E-state index is 0.0381. The standard InChI is InChI=1S/C15H21N3O/c19-15(14-3-1-2-8-17-14)18(13-4-5-13)11-12-6-9-16-10-7-12/h6-7,9-10,13-14,17H,1-5,8,11H2. The highest BCUT2D eigenvalue weighted by Crippen LogP contribution is 2.29. The molecule has 1 saturated carbocycles. The Hall–Kier alpha value is -1.42. The van der Waals surface area contributed by atoms with Crippen LogP contribution < -0.4 is 5.32 Å². The first-order valence-electron chi connectivity index (χ1n) is 7.27. The predicted molar refractivity (Wildman–Crippen MR) is 73.5 cm³/mol. The molecule has 1 N–H and O–H groups in total. The van der Waals surface area contributed by atoms with Crippen molar-refractivity contribution in [3.63, 3.8) is 0 Å². The van der Waals surface area contributed by atoms with E-state index in [4.69, 9.17) is 0 Å². The Labute approximate surface area is 114 Å². The first-order valence-corrected chi connectivity index (χ1v) is 7.27. The second kappa shape index (κ2) is 5.70. The van der Waals surface area contributed by atoms with Crippen molar-refractivity contribution >= 4 is 5.91 Å². The van der Waals surface area contributed by atoms with E-state index in [2.05, 4.69) is 15.2 Å². The fourth-order valence-electron chi connectivity index (χ4n) is 2.72. The maximum Gasteiger partial charge on any atom is 0.240 e. The van der Waals surface area contributed by atoms with Crippen LogP contribution in [0.1, 0.15) is 37.7 Å². The third kappa shape index (κ3) is 3.13. The van der Waals surface area contributed by atoms with Gasteiger partial charge in [-0.05, 0) is 49.9 Å². The molecule has 0 bridgehead atoms. The number of hydrogen-bond donors (Lipinski definition) is 1. The van der Waals surface area contributed by atoms with Crippen molar-refractivity contribution in [2.24, 2.45) is 0 Å². The number of rotatable bonds is 4. The van der Waals surface area contributed by atoms with Crippen molar-refractivity contribution in [1.29, 1.82) is 0 Å². The SMILES string of the molecule is O=C(C1CCCCN1)N(Cc1ccncc1)C1CC1. The fourth-order valence-corrected chi connectivity index (χ4v) is 2.72. The van der Waals surface area contributed by atoms with Crippen LogP contribution >= 0.6 is 0 Å². The summed E-state index contributed by atoms with van der Waals surface area (Å²) >= 11 is 0. The van der Waals surface area contributed by atoms with Gasteiger partial charge in [0.25, 0.3) is 0 Å². The maximum atomic E-state index is 12.6. The number of carbonyl (C=O) groups excluding carboxylic acids is 1. The van der Waals surface area contributed by atoms with E-state index in [1.54, 1.807) is 12.4 Å². The molecule has 19 heavy (non-hydrogen) atoms. The summed E-state index contributed by atoms with van der Waals surface area (Å²) in [7, 11) is 0. The molecule has 0 spiro atoms. The van der Waals surface area contributed by atoms with Crippen molar-refractivity contribution in [1.82, 2.24) is 15.2 Å². The van der Waals surface area contributed by atoms with Gasteiger partial charge >= 0.3 is 0 Å². The predicted octanol–water partition coefficient (Wildman–Crippen LogP) is 1.71. The van der Waals surface area contributed by atoms with Crippen molar-refractivity contribution in [3.05, 3.63) is 30.1 Å². The molecule has 4 heteroatoms. The molecule has 1 aliphatic carbocycles. The molecule has 2 heterocycles. The molecule has 1 aromatic rings. The Morgan fingerprint density at radius 1 is 1.26 bits per heavy atom. The largest absolute Gasteiger partial charge is 0.334 e. The Bertz CT molecular complexity index is 424. The fraction of sp³-hybridized carbons (Fsp3) is 0.600. The Morgan fingerprint density at radius 2 is 2.05 bits per heavy atom. The van der Waals surface area contributed by atoms with E-state index in [0.29, 0.717) is 11.9 Å². The van der Waals surface area contributed by atoms with E-state index in [0.717, 1.165) is 38.8 Å². The van der Waals surface area contributed by atoms with Crippen LogP contribution in [0.25, 0.3) is 0 Å². The van der Waals surface area contributed by atoms with Crippen LogP contribution in [0.3, 0.4) is 0 Å². The first kappa shape index (κ1) is 12.6. The average Bonchev–Trinajstić information content (AvgIpc) is 3.31. The lowest BCUT2D eigenvalue weighted by molar-refractivity contribution is -0.135. The van der Waals surface area contributed by atoms with Gasteiger partial charge in [0, 0.05) is 25.0 Å². The molecule has 4 nitrogen and oxygen atoms in total. The molecule has 1 atom stereocenters. The summed E-state index contributed by atoms with van der Waals surface area (Å²) in [5, 5.41) is 3.36. The highest BCUT2D eigenvalue weighted by molar-refractivity contribution is 5.82. The number of amides is 1. The van der Waals surface area contributed by atoms with E-state index in [1.807, 2.05) is 12.1 Å². The van der Waals surface area contributed by atoms with E-state index in [-0.39, 0.29) is 6.04 Å². The van der Waals surface area contributed by atoms with Gasteiger partial charge in [-0.15, -0.1) is 0 Å². The smallest absolute Gasteiger partial charge is 0.240 e. The number of piperidine rings is 1. The highest BCUT2D eigenvalue weighted by Gasteiger charge is 2.36. The third-order valence-electron chi connectivity index (χ3n) is 3.98. The van der Waals surface area contributed by atoms with Gasteiger partial charge in [0.1, 0.15) is 0 Å². The second-order valence-corrected chi connectivity index (χ2v) is 5.56. The van der Waals surface area contributed by atoms with Gasteiger partial charge in [-0.2, -0.15) is 0 Å². The van der Waals surface area contributed by atoms with Crippen LogP contribution in [0.15, 0.2) is 24.5 Å². The highest BCUT2D eigenvalue weighted by atomic mass is 16.2. The zero-order chi connectivity index (χ0) is 13.1. The van der Waals surface area contributed by atoms with Crippen molar-refractivity contribution in [2.75, 3.05) is 6.54 Å². The minimum atomic E-state index is 0.0381. The molecular formula is C15H21N3O. The molecule has 1 aliphatic heterocycles. The lowest BCUT2D eigenvalue weighted by atomic mass is 10.0. The molecule has 0 radical (unpaired) electrons. The number of carbonyl (C=O) groups is 1. The summed E-state index contributed by atoms with van der Waals surface area (Å²) in [6.07, 6.45) is 9.24. The summed E-state index contributed by atoms with van der Waals surface area (Å²) in [4.78, 5) is 18.7. The molecular weight excluding hydrogens is 238 g/mol.